The number of hydrogen-bond donors (Lipinski definition) is 1. The van der Waals surface area contributed by atoms with Gasteiger partial charge < -0.3 is 10.1 Å². The predicted octanol–water partition coefficient (Wildman–Crippen LogP) is 3.10. The molecular formula is C11H9ClFN3O. The zero-order valence-electron chi connectivity index (χ0n) is 8.95. The van der Waals surface area contributed by atoms with Gasteiger partial charge in [0.2, 0.25) is 5.88 Å². The van der Waals surface area contributed by atoms with Crippen molar-refractivity contribution in [2.24, 2.45) is 0 Å². The second-order valence-corrected chi connectivity index (χ2v) is 3.55. The minimum Gasteiger partial charge on any atom is -0.436 e. The quantitative estimate of drug-likeness (QED) is 0.913. The van der Waals surface area contributed by atoms with Crippen LogP contribution in [0.15, 0.2) is 30.6 Å². The van der Waals surface area contributed by atoms with Gasteiger partial charge >= 0.3 is 0 Å². The lowest BCUT2D eigenvalue weighted by atomic mass is 10.3. The molecule has 2 rings (SSSR count). The van der Waals surface area contributed by atoms with E-state index in [2.05, 4.69) is 15.3 Å². The maximum Gasteiger partial charge on any atom is 0.224 e. The Morgan fingerprint density at radius 2 is 2.18 bits per heavy atom. The van der Waals surface area contributed by atoms with Crippen LogP contribution in [-0.2, 0) is 0 Å². The first-order valence-electron chi connectivity index (χ1n) is 4.82. The molecule has 1 heterocycles. The SMILES string of the molecule is CNc1cc(Oc2cccc(Cl)c2F)ncn1. The minimum absolute atomic E-state index is 0.00500. The summed E-state index contributed by atoms with van der Waals surface area (Å²) in [6, 6.07) is 6.08. The molecule has 0 aliphatic heterocycles. The maximum atomic E-state index is 13.6. The van der Waals surface area contributed by atoms with Gasteiger partial charge in [-0.2, -0.15) is 0 Å². The molecule has 88 valence electrons. The van der Waals surface area contributed by atoms with E-state index in [-0.39, 0.29) is 16.7 Å². The molecule has 0 aliphatic rings. The van der Waals surface area contributed by atoms with Crippen molar-refractivity contribution >= 4 is 17.4 Å². The summed E-state index contributed by atoms with van der Waals surface area (Å²) >= 11 is 5.64. The van der Waals surface area contributed by atoms with Gasteiger partial charge in [0.15, 0.2) is 11.6 Å². The fourth-order valence-electron chi connectivity index (χ4n) is 1.21. The maximum absolute atomic E-state index is 13.6. The average Bonchev–Trinajstić information content (AvgIpc) is 2.35. The van der Waals surface area contributed by atoms with Gasteiger partial charge in [-0.25, -0.2) is 14.4 Å². The van der Waals surface area contributed by atoms with Crippen molar-refractivity contribution in [3.05, 3.63) is 41.4 Å². The predicted molar refractivity (Wildman–Crippen MR) is 63.1 cm³/mol. The average molecular weight is 254 g/mol. The Bertz CT molecular complexity index is 536. The summed E-state index contributed by atoms with van der Waals surface area (Å²) in [4.78, 5) is 7.79. The molecule has 0 spiro atoms. The topological polar surface area (TPSA) is 47.0 Å². The van der Waals surface area contributed by atoms with E-state index in [9.17, 15) is 4.39 Å². The fraction of sp³-hybridized carbons (Fsp3) is 0.0909. The van der Waals surface area contributed by atoms with E-state index in [0.29, 0.717) is 5.82 Å². The molecule has 4 nitrogen and oxygen atoms in total. The first-order valence-corrected chi connectivity index (χ1v) is 5.20. The highest BCUT2D eigenvalue weighted by molar-refractivity contribution is 6.30. The first-order chi connectivity index (χ1) is 8.20. The Kier molecular flexibility index (Phi) is 3.39. The lowest BCUT2D eigenvalue weighted by Crippen LogP contribution is -1.96. The number of anilines is 1. The molecule has 0 atom stereocenters. The van der Waals surface area contributed by atoms with Crippen LogP contribution < -0.4 is 10.1 Å². The molecule has 0 saturated heterocycles. The molecular weight excluding hydrogens is 245 g/mol. The summed E-state index contributed by atoms with van der Waals surface area (Å²) in [6.45, 7) is 0. The molecule has 6 heteroatoms. The molecule has 0 bridgehead atoms. The number of nitrogens with one attached hydrogen (secondary N) is 1. The number of aromatic nitrogens is 2. The van der Waals surface area contributed by atoms with Crippen molar-refractivity contribution in [1.29, 1.82) is 0 Å². The van der Waals surface area contributed by atoms with E-state index in [4.69, 9.17) is 16.3 Å². The Balaban J connectivity index is 2.28. The minimum atomic E-state index is -0.612. The summed E-state index contributed by atoms with van der Waals surface area (Å²) in [7, 11) is 1.71. The number of hydrogen-bond acceptors (Lipinski definition) is 4. The first kappa shape index (κ1) is 11.6. The van der Waals surface area contributed by atoms with Crippen LogP contribution in [0.5, 0.6) is 11.6 Å². The Hall–Kier alpha value is -1.88. The molecule has 0 radical (unpaired) electrons. The summed E-state index contributed by atoms with van der Waals surface area (Å²) in [5, 5.41) is 2.83. The van der Waals surface area contributed by atoms with E-state index in [1.54, 1.807) is 19.2 Å². The third-order valence-corrected chi connectivity index (χ3v) is 2.32. The van der Waals surface area contributed by atoms with Gasteiger partial charge in [-0.1, -0.05) is 17.7 Å². The van der Waals surface area contributed by atoms with Crippen molar-refractivity contribution in [3.8, 4) is 11.6 Å². The number of nitrogens with zero attached hydrogens (tertiary/aromatic N) is 2. The van der Waals surface area contributed by atoms with E-state index in [0.717, 1.165) is 0 Å². The molecule has 1 N–H and O–H groups in total. The second kappa shape index (κ2) is 4.97. The molecule has 17 heavy (non-hydrogen) atoms. The third-order valence-electron chi connectivity index (χ3n) is 2.03. The van der Waals surface area contributed by atoms with Crippen LogP contribution in [0.2, 0.25) is 5.02 Å². The van der Waals surface area contributed by atoms with Crippen LogP contribution >= 0.6 is 11.6 Å². The van der Waals surface area contributed by atoms with E-state index in [1.165, 1.54) is 18.5 Å². The Labute approximate surface area is 102 Å². The second-order valence-electron chi connectivity index (χ2n) is 3.15. The number of benzene rings is 1. The van der Waals surface area contributed by atoms with Crippen molar-refractivity contribution in [2.45, 2.75) is 0 Å². The monoisotopic (exact) mass is 253 g/mol. The molecule has 0 unspecified atom stereocenters. The number of ether oxygens (including phenoxy) is 1. The third kappa shape index (κ3) is 2.62. The molecule has 0 aliphatic carbocycles. The van der Waals surface area contributed by atoms with Crippen LogP contribution in [0.1, 0.15) is 0 Å². The van der Waals surface area contributed by atoms with E-state index < -0.39 is 5.82 Å². The zero-order valence-corrected chi connectivity index (χ0v) is 9.70. The molecule has 0 amide bonds. The van der Waals surface area contributed by atoms with Gasteiger partial charge in [0.1, 0.15) is 12.1 Å². The van der Waals surface area contributed by atoms with E-state index in [1.807, 2.05) is 0 Å². The molecule has 1 aromatic heterocycles. The van der Waals surface area contributed by atoms with Gasteiger partial charge in [-0.15, -0.1) is 0 Å². The van der Waals surface area contributed by atoms with Crippen LogP contribution in [0, 0.1) is 5.82 Å². The molecule has 2 aromatic rings. The Morgan fingerprint density at radius 1 is 1.35 bits per heavy atom. The zero-order chi connectivity index (χ0) is 12.3. The van der Waals surface area contributed by atoms with Crippen molar-refractivity contribution in [3.63, 3.8) is 0 Å². The van der Waals surface area contributed by atoms with Crippen LogP contribution in [0.4, 0.5) is 10.2 Å². The van der Waals surface area contributed by atoms with Crippen molar-refractivity contribution in [1.82, 2.24) is 9.97 Å². The fourth-order valence-corrected chi connectivity index (χ4v) is 1.37. The largest absolute Gasteiger partial charge is 0.436 e. The van der Waals surface area contributed by atoms with E-state index >= 15 is 0 Å². The van der Waals surface area contributed by atoms with Gasteiger partial charge in [0, 0.05) is 13.1 Å². The summed E-state index contributed by atoms with van der Waals surface area (Å²) in [5.41, 5.74) is 0. The normalized spacial score (nSPS) is 10.1. The molecule has 0 fully saturated rings. The Morgan fingerprint density at radius 3 is 2.94 bits per heavy atom. The smallest absolute Gasteiger partial charge is 0.224 e. The van der Waals surface area contributed by atoms with Gasteiger partial charge in [-0.05, 0) is 12.1 Å². The molecule has 0 saturated carbocycles. The lowest BCUT2D eigenvalue weighted by Gasteiger charge is -2.07. The van der Waals surface area contributed by atoms with Gasteiger partial charge in [0.05, 0.1) is 5.02 Å². The lowest BCUT2D eigenvalue weighted by molar-refractivity contribution is 0.427. The van der Waals surface area contributed by atoms with Crippen LogP contribution in [0.25, 0.3) is 0 Å². The van der Waals surface area contributed by atoms with Crippen LogP contribution in [0.3, 0.4) is 0 Å². The van der Waals surface area contributed by atoms with Crippen molar-refractivity contribution in [2.75, 3.05) is 12.4 Å². The van der Waals surface area contributed by atoms with Crippen LogP contribution in [-0.4, -0.2) is 17.0 Å². The molecule has 1 aromatic carbocycles. The summed E-state index contributed by atoms with van der Waals surface area (Å²) < 4.78 is 18.8. The number of halogens is 2. The van der Waals surface area contributed by atoms with Crippen molar-refractivity contribution < 1.29 is 9.13 Å². The standard InChI is InChI=1S/C11H9ClFN3O/c1-14-9-5-10(16-6-15-9)17-8-4-2-3-7(12)11(8)13/h2-6H,1H3,(H,14,15,16). The summed E-state index contributed by atoms with van der Waals surface area (Å²) in [5.74, 6) is 0.236. The highest BCUT2D eigenvalue weighted by Crippen LogP contribution is 2.28. The summed E-state index contributed by atoms with van der Waals surface area (Å²) in [6.07, 6.45) is 1.32. The van der Waals surface area contributed by atoms with Gasteiger partial charge in [0.25, 0.3) is 0 Å². The highest BCUT2D eigenvalue weighted by atomic mass is 35.5. The highest BCUT2D eigenvalue weighted by Gasteiger charge is 2.09. The number of rotatable bonds is 3. The van der Waals surface area contributed by atoms with Gasteiger partial charge in [-0.3, -0.25) is 0 Å².